The number of benzene rings is 5. The van der Waals surface area contributed by atoms with Crippen molar-refractivity contribution in [1.82, 2.24) is 24.9 Å². The molecule has 19 aliphatic carbocycles. The molecule has 9 spiro atoms. The molecule has 21 heteroatoms. The minimum atomic E-state index is -0.770. The zero-order valence-corrected chi connectivity index (χ0v) is 79.2. The second-order valence-electron chi connectivity index (χ2n) is 45.3. The summed E-state index contributed by atoms with van der Waals surface area (Å²) in [6.45, 7) is 19.8. The van der Waals surface area contributed by atoms with E-state index in [1.54, 1.807) is 75.4 Å². The first-order valence-electron chi connectivity index (χ1n) is 49.5. The number of allylic oxidation sites excluding steroid dienone is 2. The van der Waals surface area contributed by atoms with Crippen LogP contribution in [0.4, 0.5) is 0 Å². The van der Waals surface area contributed by atoms with Crippen LogP contribution in [0.5, 0.6) is 40.2 Å². The van der Waals surface area contributed by atoms with Crippen LogP contribution in [0.2, 0.25) is 0 Å². The van der Waals surface area contributed by atoms with E-state index in [-0.39, 0.29) is 138 Å². The lowest BCUT2D eigenvalue weighted by Crippen LogP contribution is -2.79. The van der Waals surface area contributed by atoms with Crippen molar-refractivity contribution in [3.8, 4) is 40.2 Å². The third kappa shape index (κ3) is 9.26. The van der Waals surface area contributed by atoms with Gasteiger partial charge in [0.2, 0.25) is 0 Å². The van der Waals surface area contributed by atoms with Gasteiger partial charge in [-0.3, -0.25) is 29.0 Å². The number of carbonyl (C=O) groups excluding carboxylic acids is 4. The molecule has 18 bridgehead atoms. The number of likely N-dealkylation sites (tertiary alicyclic amines) is 4. The normalized spacial score (nSPS) is 43.6. The Bertz CT molecular complexity index is 6050. The van der Waals surface area contributed by atoms with Crippen LogP contribution in [-0.2, 0) is 102 Å². The first-order valence-corrected chi connectivity index (χ1v) is 49.5. The second kappa shape index (κ2) is 27.2. The summed E-state index contributed by atoms with van der Waals surface area (Å²) in [7, 11) is 15.3. The number of nitrogens with zero attached hydrogens (tertiary/aromatic N) is 4. The van der Waals surface area contributed by atoms with E-state index in [1.165, 1.54) is 97.3 Å². The number of rotatable bonds is 11. The lowest BCUT2D eigenvalue weighted by atomic mass is 9.37. The first kappa shape index (κ1) is 83.8. The van der Waals surface area contributed by atoms with Crippen LogP contribution in [0.1, 0.15) is 171 Å². The Morgan fingerprint density at radius 2 is 0.795 bits per heavy atom. The molecule has 10 fully saturated rings. The maximum atomic E-state index is 13.0. The van der Waals surface area contributed by atoms with E-state index in [4.69, 9.17) is 47.4 Å². The first-order chi connectivity index (χ1) is 63.5. The summed E-state index contributed by atoms with van der Waals surface area (Å²) >= 11 is 0. The molecule has 5 saturated heterocycles. The Labute approximate surface area is 774 Å². The zero-order chi connectivity index (χ0) is 91.0. The van der Waals surface area contributed by atoms with Crippen LogP contribution in [0.15, 0.2) is 133 Å². The van der Waals surface area contributed by atoms with Gasteiger partial charge in [0.05, 0.1) is 57.9 Å². The number of aryl methyl sites for hydroxylation is 3. The number of hydrogen-bond donors (Lipinski definition) is 3. The maximum Gasteiger partial charge on any atom is 0.169 e. The monoisotopic (exact) mass is 1790 g/mol. The molecule has 0 aromatic heterocycles. The van der Waals surface area contributed by atoms with E-state index in [0.717, 1.165) is 152 Å². The van der Waals surface area contributed by atoms with Gasteiger partial charge in [-0.1, -0.05) is 103 Å². The van der Waals surface area contributed by atoms with Gasteiger partial charge in [-0.05, 0) is 279 Å². The van der Waals surface area contributed by atoms with Crippen molar-refractivity contribution in [2.75, 3.05) is 96.0 Å². The molecule has 21 nitrogen and oxygen atoms in total. The number of likely N-dealkylation sites (N-methyl/N-ethyl adjacent to an activating group) is 3. The van der Waals surface area contributed by atoms with E-state index < -0.39 is 22.4 Å². The molecule has 132 heavy (non-hydrogen) atoms. The van der Waals surface area contributed by atoms with Gasteiger partial charge in [-0.25, -0.2) is 0 Å². The Morgan fingerprint density at radius 3 is 1.24 bits per heavy atom. The van der Waals surface area contributed by atoms with E-state index >= 15 is 0 Å². The Hall–Kier alpha value is -8.74. The van der Waals surface area contributed by atoms with Crippen molar-refractivity contribution >= 4 is 23.1 Å². The van der Waals surface area contributed by atoms with Gasteiger partial charge < -0.3 is 72.7 Å². The molecular formula is C111H127N5O16. The molecule has 5 aromatic rings. The summed E-state index contributed by atoms with van der Waals surface area (Å²) in [4.78, 5) is 61.3. The lowest BCUT2D eigenvalue weighted by molar-refractivity contribution is -0.214. The number of ketones is 4. The summed E-state index contributed by atoms with van der Waals surface area (Å²) in [6, 6.07) is 23.2. The second-order valence-corrected chi connectivity index (χ2v) is 45.3. The summed E-state index contributed by atoms with van der Waals surface area (Å²) in [5.41, 5.74) is 15.0. The highest BCUT2D eigenvalue weighted by Gasteiger charge is 2.85. The van der Waals surface area contributed by atoms with Crippen molar-refractivity contribution in [2.24, 2.45) is 51.2 Å². The third-order valence-corrected chi connectivity index (χ3v) is 41.5. The molecule has 27 atom stereocenters. The smallest absolute Gasteiger partial charge is 0.169 e. The molecule has 692 valence electrons. The molecule has 10 heterocycles. The van der Waals surface area contributed by atoms with Crippen molar-refractivity contribution in [1.29, 1.82) is 0 Å². The zero-order valence-electron chi connectivity index (χ0n) is 79.2. The number of aromatic hydroxyl groups is 2. The molecule has 34 rings (SSSR count). The highest BCUT2D eigenvalue weighted by atomic mass is 16.6. The van der Waals surface area contributed by atoms with Gasteiger partial charge >= 0.3 is 0 Å². The number of phenolic OH excluding ortho intramolecular Hbond substituents is 2. The summed E-state index contributed by atoms with van der Waals surface area (Å²) in [5, 5.41) is 24.7. The fourth-order valence-electron chi connectivity index (χ4n) is 35.9. The van der Waals surface area contributed by atoms with Crippen molar-refractivity contribution in [3.05, 3.63) is 205 Å². The molecule has 5 saturated carbocycles. The maximum absolute atomic E-state index is 13.0. The van der Waals surface area contributed by atoms with Crippen LogP contribution >= 0.6 is 0 Å². The number of fused-ring (bicyclic) bond motifs is 4. The number of nitrogens with one attached hydrogen (secondary N) is 1. The molecule has 0 amide bonds. The fourth-order valence-corrected chi connectivity index (χ4v) is 35.9. The average molecular weight is 1790 g/mol. The van der Waals surface area contributed by atoms with Gasteiger partial charge in [0.1, 0.15) is 93.0 Å². The van der Waals surface area contributed by atoms with E-state index in [1.807, 2.05) is 6.08 Å². The van der Waals surface area contributed by atoms with Gasteiger partial charge in [0.15, 0.2) is 29.1 Å². The summed E-state index contributed by atoms with van der Waals surface area (Å²) in [6.07, 6.45) is 38.2. The number of ether oxygens (including phenoxy) is 10. The molecule has 0 unspecified atom stereocenters. The SMILES string of the molecule is COC1=CC=C2[C@H]3Cc4ccc(O)c5c4[C@@]2(CCN3C)[C@H]1O5.CO[C@]12C=C[C@@]3(C[C@@H]1C(C)=O)[C@H]1Cc4ccc(C)c5c4[C@@]3(CCN1)[C@H]2O5.CO[C@]12C=C[C@@]3(C[C@@H]1C(C)=O)[C@H]1Cc4ccc(C)c5c4[C@@]3(CCN1C)[C@H]2O5.CO[C@]12C=C[C@@]3(C[C@@H]1C(C)=O)[C@H]1Cc4ccc(C)c5c4[C@@]3(CCN1CC1CC1)[C@H]2O5.CO[C@]12C=C[C@@]3(C[C@@H]1C(C)=O)[C@H]1Cc4ccc(O)c5c4[C@@]3(CCN1C)[C@H]2O5. The molecule has 3 N–H and O–H groups in total. The number of piperidine rings is 5. The van der Waals surface area contributed by atoms with E-state index in [2.05, 4.69) is 170 Å². The number of hydrogen-bond acceptors (Lipinski definition) is 21. The van der Waals surface area contributed by atoms with Crippen molar-refractivity contribution < 1.29 is 76.8 Å². The number of methoxy groups -OCH3 is 5. The molecule has 5 aromatic carbocycles. The largest absolute Gasteiger partial charge is 0.504 e. The topological polar surface area (TPSA) is 226 Å². The number of phenols is 2. The number of carbonyl (C=O) groups is 4. The quantitative estimate of drug-likeness (QED) is 0.104. The van der Waals surface area contributed by atoms with Crippen LogP contribution in [0, 0.1) is 72.0 Å². The van der Waals surface area contributed by atoms with Gasteiger partial charge in [0.25, 0.3) is 0 Å². The molecule has 10 aliphatic heterocycles. The molecule has 29 aliphatic rings. The van der Waals surface area contributed by atoms with Crippen LogP contribution in [0.3, 0.4) is 0 Å². The lowest BCUT2D eigenvalue weighted by Gasteiger charge is -2.71. The van der Waals surface area contributed by atoms with Crippen LogP contribution in [0.25, 0.3) is 0 Å². The van der Waals surface area contributed by atoms with E-state index in [9.17, 15) is 29.4 Å². The molecular weight excluding hydrogens is 1660 g/mol. The minimum Gasteiger partial charge on any atom is -0.504 e. The third-order valence-electron chi connectivity index (χ3n) is 41.5. The van der Waals surface area contributed by atoms with E-state index in [0.29, 0.717) is 41.7 Å². The Morgan fingerprint density at radius 1 is 0.417 bits per heavy atom. The average Bonchev–Trinajstić information content (AvgIpc) is 1.42. The number of Topliss-reactive ketones (excluding diaryl/α,β-unsaturated/α-hetero) is 4. The van der Waals surface area contributed by atoms with Crippen molar-refractivity contribution in [2.45, 2.75) is 261 Å². The molecule has 0 radical (unpaired) electrons. The highest BCUT2D eigenvalue weighted by molar-refractivity contribution is 5.86. The minimum absolute atomic E-state index is 0.0343. The predicted molar refractivity (Wildman–Crippen MR) is 495 cm³/mol. The van der Waals surface area contributed by atoms with Gasteiger partial charge in [0, 0.05) is 115 Å². The van der Waals surface area contributed by atoms with Gasteiger partial charge in [-0.2, -0.15) is 0 Å². The predicted octanol–water partition coefficient (Wildman–Crippen LogP) is 13.2. The summed E-state index contributed by atoms with van der Waals surface area (Å²) < 4.78 is 63.6. The van der Waals surface area contributed by atoms with Crippen LogP contribution in [-0.4, -0.2) is 232 Å². The Balaban J connectivity index is 0.0000000867. The highest BCUT2D eigenvalue weighted by Crippen LogP contribution is 2.80. The fraction of sp³-hybridized carbons (Fsp3) is 0.586. The van der Waals surface area contributed by atoms with Crippen molar-refractivity contribution in [3.63, 3.8) is 0 Å². The van der Waals surface area contributed by atoms with Gasteiger partial charge in [-0.15, -0.1) is 0 Å². The summed E-state index contributed by atoms with van der Waals surface area (Å²) in [5.74, 6) is 6.88. The standard InChI is InChI=1S/C26H31NO3.C23H27NO3.C22H25NO4.C22H25NO3.C18H19NO3/c1-15-4-7-18-12-20-24-8-9-26(29-3,19(13-24)16(2)28)23-25(24,21(18)22(15)30-23)10-11-27(20)14-17-5-6-17;1-13-5-6-15-11-17-21-7-8-23(26-4,16(12-21)14(2)25)20-22(21,9-10-24(17)3)18(15)19(13)27-20;1-12(24)14-11-20-6-7-22(14,26-3)19-21(20)8-9-23(2)16(20)10-13-4-5-15(25)18(27-19)17(13)21;1-12-4-5-14-10-16-20-6-7-22(25-3,15(11-20)13(2)24)19-21(20,8-9-23-16)17(14)18(12)26-19;1-19-8-7-18-11-4-6-14(21-2)17(18)22-16-13(20)5-3-10(15(16)18)9-12(11)19/h4,7-9,17,19-20,23H,5-6,10-14H2,1-3H3;5-8,16-17,20H,9-12H2,1-4H3;4-7,14,16,19,25H,8-11H2,1-3H3;4-7,15-16,19,23H,8-11H2,1-3H3;3-6,12,17,20H,7-9H2,1-2H3/t19-,20-,23-,24-,25+,26-;16-,17-,20-,21-,22+,23-;14-,16-,19-,20-,21+,22-;15-,16-,19-,20-,21+,22-;12-,17+,18+/m11111/s1. The Kier molecular flexibility index (Phi) is 17.2. The van der Waals surface area contributed by atoms with Crippen LogP contribution < -0.4 is 29.0 Å².